The molecule has 0 spiro atoms. The third-order valence-corrected chi connectivity index (χ3v) is 3.45. The van der Waals surface area contributed by atoms with Crippen molar-refractivity contribution in [2.75, 3.05) is 18.0 Å². The van der Waals surface area contributed by atoms with E-state index in [4.69, 9.17) is 5.73 Å². The molecule has 0 amide bonds. The average Bonchev–Trinajstić information content (AvgIpc) is 2.79. The molecule has 0 aliphatic carbocycles. The zero-order chi connectivity index (χ0) is 12.3. The maximum atomic E-state index is 5.52. The molecule has 1 aromatic heterocycles. The highest BCUT2D eigenvalue weighted by Crippen LogP contribution is 2.26. The van der Waals surface area contributed by atoms with Gasteiger partial charge in [0.1, 0.15) is 0 Å². The quantitative estimate of drug-likeness (QED) is 0.860. The second kappa shape index (κ2) is 5.45. The molecule has 2 rings (SSSR count). The first-order chi connectivity index (χ1) is 8.22. The maximum absolute atomic E-state index is 5.52. The molecule has 1 fully saturated rings. The maximum Gasteiger partial charge on any atom is 0.225 e. The summed E-state index contributed by atoms with van der Waals surface area (Å²) in [5, 5.41) is 0. The molecule has 0 aromatic carbocycles. The number of anilines is 1. The van der Waals surface area contributed by atoms with Crippen LogP contribution in [0.25, 0.3) is 0 Å². The summed E-state index contributed by atoms with van der Waals surface area (Å²) >= 11 is 0. The number of hydrogen-bond donors (Lipinski definition) is 1. The normalized spacial score (nSPS) is 20.2. The van der Waals surface area contributed by atoms with Crippen molar-refractivity contribution in [3.63, 3.8) is 0 Å². The topological polar surface area (TPSA) is 55.0 Å². The summed E-state index contributed by atoms with van der Waals surface area (Å²) in [4.78, 5) is 11.3. The fourth-order valence-electron chi connectivity index (χ4n) is 2.53. The highest BCUT2D eigenvalue weighted by molar-refractivity contribution is 5.33. The molecule has 2 heterocycles. The number of hydrogen-bond acceptors (Lipinski definition) is 4. The van der Waals surface area contributed by atoms with Gasteiger partial charge in [0, 0.05) is 25.0 Å². The lowest BCUT2D eigenvalue weighted by Gasteiger charge is -2.27. The van der Waals surface area contributed by atoms with Gasteiger partial charge < -0.3 is 10.6 Å². The van der Waals surface area contributed by atoms with Gasteiger partial charge in [0.15, 0.2) is 0 Å². The van der Waals surface area contributed by atoms with Gasteiger partial charge in [-0.1, -0.05) is 13.8 Å². The molecule has 1 aliphatic rings. The van der Waals surface area contributed by atoms with Crippen LogP contribution in [-0.2, 0) is 6.42 Å². The number of nitrogens with zero attached hydrogens (tertiary/aromatic N) is 3. The van der Waals surface area contributed by atoms with Gasteiger partial charge in [-0.05, 0) is 37.3 Å². The minimum atomic E-state index is 0.593. The van der Waals surface area contributed by atoms with E-state index in [-0.39, 0.29) is 0 Å². The monoisotopic (exact) mass is 234 g/mol. The van der Waals surface area contributed by atoms with Crippen LogP contribution >= 0.6 is 0 Å². The Labute approximate surface area is 103 Å². The minimum absolute atomic E-state index is 0.593. The number of aromatic nitrogens is 2. The Morgan fingerprint density at radius 1 is 1.41 bits per heavy atom. The summed E-state index contributed by atoms with van der Waals surface area (Å²) < 4.78 is 0. The van der Waals surface area contributed by atoms with E-state index in [1.165, 1.54) is 12.8 Å². The van der Waals surface area contributed by atoms with Gasteiger partial charge >= 0.3 is 0 Å². The Balaban J connectivity index is 2.11. The third-order valence-electron chi connectivity index (χ3n) is 3.45. The van der Waals surface area contributed by atoms with Gasteiger partial charge in [-0.25, -0.2) is 9.97 Å². The lowest BCUT2D eigenvalue weighted by Crippen LogP contribution is -2.34. The van der Waals surface area contributed by atoms with E-state index in [2.05, 4.69) is 28.7 Å². The van der Waals surface area contributed by atoms with E-state index in [9.17, 15) is 0 Å². The van der Waals surface area contributed by atoms with E-state index >= 15 is 0 Å². The van der Waals surface area contributed by atoms with Crippen LogP contribution in [0.4, 0.5) is 5.95 Å². The predicted octanol–water partition coefficient (Wildman–Crippen LogP) is 1.60. The van der Waals surface area contributed by atoms with E-state index in [0.717, 1.165) is 24.5 Å². The molecule has 1 atom stereocenters. The van der Waals surface area contributed by atoms with Crippen LogP contribution in [0.5, 0.6) is 0 Å². The van der Waals surface area contributed by atoms with Crippen molar-refractivity contribution in [2.45, 2.75) is 39.2 Å². The lowest BCUT2D eigenvalue weighted by atomic mass is 10.0. The van der Waals surface area contributed by atoms with E-state index in [1.807, 2.05) is 12.4 Å². The fourth-order valence-corrected chi connectivity index (χ4v) is 2.53. The van der Waals surface area contributed by atoms with Crippen LogP contribution in [0.15, 0.2) is 12.4 Å². The first kappa shape index (κ1) is 12.3. The standard InChI is InChI=1S/C13H22N4/c1-10(2)12-4-3-7-17(12)13-15-8-11(5-6-14)9-16-13/h8-10,12H,3-7,14H2,1-2H3. The smallest absolute Gasteiger partial charge is 0.225 e. The van der Waals surface area contributed by atoms with Crippen molar-refractivity contribution in [1.82, 2.24) is 9.97 Å². The molecule has 0 bridgehead atoms. The highest BCUT2D eigenvalue weighted by atomic mass is 15.3. The van der Waals surface area contributed by atoms with E-state index < -0.39 is 0 Å². The summed E-state index contributed by atoms with van der Waals surface area (Å²) in [5.74, 6) is 1.53. The Morgan fingerprint density at radius 2 is 2.12 bits per heavy atom. The molecular weight excluding hydrogens is 212 g/mol. The van der Waals surface area contributed by atoms with Crippen LogP contribution in [0.1, 0.15) is 32.3 Å². The average molecular weight is 234 g/mol. The second-order valence-electron chi connectivity index (χ2n) is 5.08. The van der Waals surface area contributed by atoms with E-state index in [1.54, 1.807) is 0 Å². The van der Waals surface area contributed by atoms with Crippen LogP contribution in [0.3, 0.4) is 0 Å². The fraction of sp³-hybridized carbons (Fsp3) is 0.692. The van der Waals surface area contributed by atoms with Crippen molar-refractivity contribution in [1.29, 1.82) is 0 Å². The van der Waals surface area contributed by atoms with Gasteiger partial charge in [0.05, 0.1) is 0 Å². The van der Waals surface area contributed by atoms with Crippen molar-refractivity contribution in [2.24, 2.45) is 11.7 Å². The van der Waals surface area contributed by atoms with Gasteiger partial charge in [0.2, 0.25) is 5.95 Å². The molecule has 1 aromatic rings. The zero-order valence-electron chi connectivity index (χ0n) is 10.8. The molecule has 0 radical (unpaired) electrons. The highest BCUT2D eigenvalue weighted by Gasteiger charge is 2.28. The molecule has 1 aliphatic heterocycles. The summed E-state index contributed by atoms with van der Waals surface area (Å²) in [6, 6.07) is 0.593. The Hall–Kier alpha value is -1.16. The second-order valence-corrected chi connectivity index (χ2v) is 5.08. The molecular formula is C13H22N4. The van der Waals surface area contributed by atoms with Gasteiger partial charge in [-0.2, -0.15) is 0 Å². The van der Waals surface area contributed by atoms with Crippen molar-refractivity contribution >= 4 is 5.95 Å². The molecule has 0 saturated carbocycles. The van der Waals surface area contributed by atoms with Crippen LogP contribution in [-0.4, -0.2) is 29.1 Å². The molecule has 4 nitrogen and oxygen atoms in total. The van der Waals surface area contributed by atoms with Gasteiger partial charge in [0.25, 0.3) is 0 Å². The third kappa shape index (κ3) is 2.75. The van der Waals surface area contributed by atoms with Gasteiger partial charge in [-0.15, -0.1) is 0 Å². The molecule has 1 saturated heterocycles. The van der Waals surface area contributed by atoms with Gasteiger partial charge in [-0.3, -0.25) is 0 Å². The largest absolute Gasteiger partial charge is 0.338 e. The Bertz CT molecular complexity index is 347. The Kier molecular flexibility index (Phi) is 3.94. The number of rotatable bonds is 4. The molecule has 2 N–H and O–H groups in total. The zero-order valence-corrected chi connectivity index (χ0v) is 10.8. The summed E-state index contributed by atoms with van der Waals surface area (Å²) in [6.45, 7) is 6.28. The van der Waals surface area contributed by atoms with E-state index in [0.29, 0.717) is 18.5 Å². The molecule has 17 heavy (non-hydrogen) atoms. The SMILES string of the molecule is CC(C)C1CCCN1c1ncc(CCN)cn1. The first-order valence-electron chi connectivity index (χ1n) is 6.50. The van der Waals surface area contributed by atoms with Crippen molar-refractivity contribution in [3.8, 4) is 0 Å². The predicted molar refractivity (Wildman–Crippen MR) is 70.0 cm³/mol. The van der Waals surface area contributed by atoms with Crippen molar-refractivity contribution < 1.29 is 0 Å². The molecule has 1 unspecified atom stereocenters. The summed E-state index contributed by atoms with van der Waals surface area (Å²) in [7, 11) is 0. The van der Waals surface area contributed by atoms with Crippen LogP contribution in [0.2, 0.25) is 0 Å². The lowest BCUT2D eigenvalue weighted by molar-refractivity contribution is 0.487. The first-order valence-corrected chi connectivity index (χ1v) is 6.50. The number of nitrogens with two attached hydrogens (primary N) is 1. The molecule has 94 valence electrons. The summed E-state index contributed by atoms with van der Waals surface area (Å²) in [5.41, 5.74) is 6.64. The van der Waals surface area contributed by atoms with Crippen LogP contribution < -0.4 is 10.6 Å². The van der Waals surface area contributed by atoms with Crippen LogP contribution in [0, 0.1) is 5.92 Å². The minimum Gasteiger partial charge on any atom is -0.338 e. The summed E-state index contributed by atoms with van der Waals surface area (Å²) in [6.07, 6.45) is 7.17. The molecule has 4 heteroatoms. The van der Waals surface area contributed by atoms with Crippen molar-refractivity contribution in [3.05, 3.63) is 18.0 Å². The Morgan fingerprint density at radius 3 is 2.71 bits per heavy atom.